The van der Waals surface area contributed by atoms with Crippen molar-refractivity contribution in [2.75, 3.05) is 11.4 Å². The Morgan fingerprint density at radius 2 is 1.70 bits per heavy atom. The zero-order valence-electron chi connectivity index (χ0n) is 17.5. The second kappa shape index (κ2) is 7.75. The molecule has 5 heteroatoms. The number of hydrogen-bond acceptors (Lipinski definition) is 3. The average molecular weight is 399 g/mol. The van der Waals surface area contributed by atoms with Crippen LogP contribution in [0.4, 0.5) is 5.69 Å². The molecule has 0 saturated carbocycles. The highest BCUT2D eigenvalue weighted by atomic mass is 16.2. The van der Waals surface area contributed by atoms with E-state index in [1.54, 1.807) is 6.07 Å². The molecule has 0 radical (unpaired) electrons. The van der Waals surface area contributed by atoms with Gasteiger partial charge in [-0.2, -0.15) is 5.10 Å². The summed E-state index contributed by atoms with van der Waals surface area (Å²) in [5, 5.41) is 6.18. The molecule has 1 N–H and O–H groups in total. The zero-order chi connectivity index (χ0) is 21.3. The van der Waals surface area contributed by atoms with E-state index in [1.807, 2.05) is 55.5 Å². The molecule has 30 heavy (non-hydrogen) atoms. The van der Waals surface area contributed by atoms with Gasteiger partial charge < -0.3 is 0 Å². The molecule has 0 aliphatic carbocycles. The first-order chi connectivity index (χ1) is 14.4. The quantitative estimate of drug-likeness (QED) is 0.484. The van der Waals surface area contributed by atoms with Crippen molar-refractivity contribution in [1.29, 1.82) is 0 Å². The summed E-state index contributed by atoms with van der Waals surface area (Å²) in [7, 11) is 0. The van der Waals surface area contributed by atoms with Crippen LogP contribution in [0.3, 0.4) is 0 Å². The van der Waals surface area contributed by atoms with Gasteiger partial charge in [-0.1, -0.05) is 68.4 Å². The molecule has 0 aromatic heterocycles. The fourth-order valence-corrected chi connectivity index (χ4v) is 4.14. The third-order valence-corrected chi connectivity index (χ3v) is 5.58. The molecule has 2 amide bonds. The standard InChI is InChI=1S/C25H25N3O2/c1-17(15-25(2,3)19-11-5-4-6-12-19)26-27-22(29)16-28-21-14-8-10-18-9-7-13-20(23(18)21)24(28)30/h4-14H,15-16H2,1-3H3,(H,27,29)/b26-17-. The van der Waals surface area contributed by atoms with Crippen LogP contribution in [0.2, 0.25) is 0 Å². The maximum Gasteiger partial charge on any atom is 0.260 e. The Morgan fingerprint density at radius 3 is 2.43 bits per heavy atom. The van der Waals surface area contributed by atoms with Crippen molar-refractivity contribution in [2.45, 2.75) is 32.6 Å². The van der Waals surface area contributed by atoms with Crippen LogP contribution in [0, 0.1) is 0 Å². The lowest BCUT2D eigenvalue weighted by molar-refractivity contribution is -0.119. The third kappa shape index (κ3) is 3.71. The van der Waals surface area contributed by atoms with Gasteiger partial charge in [-0.05, 0) is 41.8 Å². The van der Waals surface area contributed by atoms with Gasteiger partial charge in [-0.15, -0.1) is 0 Å². The van der Waals surface area contributed by atoms with Gasteiger partial charge >= 0.3 is 0 Å². The Kier molecular flexibility index (Phi) is 5.12. The minimum atomic E-state index is -0.315. The summed E-state index contributed by atoms with van der Waals surface area (Å²) in [6, 6.07) is 21.6. The van der Waals surface area contributed by atoms with Gasteiger partial charge in [0.15, 0.2) is 0 Å². The fourth-order valence-electron chi connectivity index (χ4n) is 4.14. The van der Waals surface area contributed by atoms with Crippen molar-refractivity contribution in [2.24, 2.45) is 5.10 Å². The number of nitrogens with zero attached hydrogens (tertiary/aromatic N) is 2. The summed E-state index contributed by atoms with van der Waals surface area (Å²) < 4.78 is 0. The van der Waals surface area contributed by atoms with E-state index < -0.39 is 0 Å². The summed E-state index contributed by atoms with van der Waals surface area (Å²) in [5.74, 6) is -0.465. The Morgan fingerprint density at radius 1 is 1.00 bits per heavy atom. The van der Waals surface area contributed by atoms with E-state index in [2.05, 4.69) is 36.5 Å². The van der Waals surface area contributed by atoms with E-state index in [4.69, 9.17) is 0 Å². The van der Waals surface area contributed by atoms with E-state index in [0.717, 1.165) is 22.2 Å². The van der Waals surface area contributed by atoms with Crippen LogP contribution in [0.1, 0.15) is 43.1 Å². The first kappa shape index (κ1) is 19.8. The monoisotopic (exact) mass is 399 g/mol. The second-order valence-electron chi connectivity index (χ2n) is 8.38. The minimum Gasteiger partial charge on any atom is -0.298 e. The molecule has 3 aromatic carbocycles. The minimum absolute atomic E-state index is 0.0640. The van der Waals surface area contributed by atoms with Crippen molar-refractivity contribution in [3.05, 3.63) is 77.9 Å². The number of hydrogen-bond donors (Lipinski definition) is 1. The van der Waals surface area contributed by atoms with Crippen molar-refractivity contribution in [1.82, 2.24) is 5.43 Å². The summed E-state index contributed by atoms with van der Waals surface area (Å²) in [5.41, 5.74) is 5.98. The van der Waals surface area contributed by atoms with Crippen molar-refractivity contribution in [3.8, 4) is 0 Å². The molecule has 3 aromatic rings. The van der Waals surface area contributed by atoms with Gasteiger partial charge in [0, 0.05) is 16.7 Å². The highest BCUT2D eigenvalue weighted by Crippen LogP contribution is 2.36. The van der Waals surface area contributed by atoms with Crippen LogP contribution in [0.25, 0.3) is 10.8 Å². The molecule has 4 rings (SSSR count). The molecular formula is C25H25N3O2. The summed E-state index contributed by atoms with van der Waals surface area (Å²) in [6.45, 7) is 6.15. The molecule has 0 fully saturated rings. The zero-order valence-corrected chi connectivity index (χ0v) is 17.5. The predicted molar refractivity (Wildman–Crippen MR) is 121 cm³/mol. The number of nitrogens with one attached hydrogen (secondary N) is 1. The first-order valence-corrected chi connectivity index (χ1v) is 10.1. The fraction of sp³-hybridized carbons (Fsp3) is 0.240. The molecular weight excluding hydrogens is 374 g/mol. The maximum absolute atomic E-state index is 12.8. The SMILES string of the molecule is C/C(CC(C)(C)c1ccccc1)=N/NC(=O)CN1C(=O)c2cccc3cccc1c23. The van der Waals surface area contributed by atoms with Crippen molar-refractivity contribution < 1.29 is 9.59 Å². The summed E-state index contributed by atoms with van der Waals surface area (Å²) in [6.07, 6.45) is 0.713. The van der Waals surface area contributed by atoms with Gasteiger partial charge in [0.25, 0.3) is 11.8 Å². The lowest BCUT2D eigenvalue weighted by atomic mass is 9.80. The van der Waals surface area contributed by atoms with Gasteiger partial charge in [-0.25, -0.2) is 5.43 Å². The Hall–Kier alpha value is -3.47. The van der Waals surface area contributed by atoms with Crippen LogP contribution in [0.5, 0.6) is 0 Å². The van der Waals surface area contributed by atoms with E-state index in [9.17, 15) is 9.59 Å². The highest BCUT2D eigenvalue weighted by Gasteiger charge is 2.30. The molecule has 0 unspecified atom stereocenters. The van der Waals surface area contributed by atoms with Gasteiger partial charge in [0.05, 0.1) is 5.69 Å². The van der Waals surface area contributed by atoms with E-state index in [1.165, 1.54) is 10.5 Å². The number of hydrazone groups is 1. The number of carbonyl (C=O) groups is 2. The van der Waals surface area contributed by atoms with Crippen LogP contribution >= 0.6 is 0 Å². The van der Waals surface area contributed by atoms with E-state index in [0.29, 0.717) is 12.0 Å². The van der Waals surface area contributed by atoms with Crippen LogP contribution in [-0.4, -0.2) is 24.1 Å². The van der Waals surface area contributed by atoms with Gasteiger partial charge in [-0.3, -0.25) is 14.5 Å². The Labute approximate surface area is 176 Å². The topological polar surface area (TPSA) is 61.8 Å². The molecule has 0 saturated heterocycles. The molecule has 1 aliphatic heterocycles. The largest absolute Gasteiger partial charge is 0.298 e. The van der Waals surface area contributed by atoms with Crippen molar-refractivity contribution >= 4 is 34.0 Å². The van der Waals surface area contributed by atoms with Crippen molar-refractivity contribution in [3.63, 3.8) is 0 Å². The molecule has 0 bridgehead atoms. The molecule has 1 aliphatic rings. The first-order valence-electron chi connectivity index (χ1n) is 10.1. The predicted octanol–water partition coefficient (Wildman–Crippen LogP) is 4.66. The van der Waals surface area contributed by atoms with Gasteiger partial charge in [0.2, 0.25) is 0 Å². The maximum atomic E-state index is 12.8. The number of anilines is 1. The highest BCUT2D eigenvalue weighted by molar-refractivity contribution is 6.26. The molecule has 152 valence electrons. The average Bonchev–Trinajstić information content (AvgIpc) is 3.01. The lowest BCUT2D eigenvalue weighted by Gasteiger charge is -2.25. The molecule has 5 nitrogen and oxygen atoms in total. The number of carbonyl (C=O) groups excluding carboxylic acids is 2. The lowest BCUT2D eigenvalue weighted by Crippen LogP contribution is -2.37. The summed E-state index contributed by atoms with van der Waals surface area (Å²) >= 11 is 0. The molecule has 0 atom stereocenters. The van der Waals surface area contributed by atoms with E-state index in [-0.39, 0.29) is 23.8 Å². The van der Waals surface area contributed by atoms with Gasteiger partial charge in [0.1, 0.15) is 6.54 Å². The molecule has 0 spiro atoms. The van der Waals surface area contributed by atoms with Crippen LogP contribution in [-0.2, 0) is 10.2 Å². The smallest absolute Gasteiger partial charge is 0.260 e. The van der Waals surface area contributed by atoms with E-state index >= 15 is 0 Å². The third-order valence-electron chi connectivity index (χ3n) is 5.58. The number of benzene rings is 3. The van der Waals surface area contributed by atoms with Crippen LogP contribution < -0.4 is 10.3 Å². The normalized spacial score (nSPS) is 13.8. The Balaban J connectivity index is 1.43. The molecule has 1 heterocycles. The Bertz CT molecular complexity index is 1140. The van der Waals surface area contributed by atoms with Crippen LogP contribution in [0.15, 0.2) is 71.8 Å². The number of amides is 2. The summed E-state index contributed by atoms with van der Waals surface area (Å²) in [4.78, 5) is 26.9. The second-order valence-corrected chi connectivity index (χ2v) is 8.38. The number of rotatable bonds is 6.